The van der Waals surface area contributed by atoms with Crippen LogP contribution < -0.4 is 0 Å². The van der Waals surface area contributed by atoms with Crippen LogP contribution in [0.15, 0.2) is 0 Å². The van der Waals surface area contributed by atoms with Gasteiger partial charge in [-0.25, -0.2) is 0 Å². The fourth-order valence-corrected chi connectivity index (χ4v) is 3.05. The number of rotatable bonds is 6. The van der Waals surface area contributed by atoms with Crippen molar-refractivity contribution in [2.75, 3.05) is 59.1 Å². The molecular weight excluding hydrogens is 272 g/mol. The molecule has 0 aliphatic carbocycles. The third kappa shape index (κ3) is 5.54. The number of aliphatic hydroxyl groups excluding tert-OH is 1. The molecular formula is C15H28N2O4. The van der Waals surface area contributed by atoms with E-state index in [0.29, 0.717) is 19.7 Å². The predicted octanol–water partition coefficient (Wildman–Crippen LogP) is -0.0454. The molecule has 0 aromatic carbocycles. The third-order valence-electron chi connectivity index (χ3n) is 4.25. The molecule has 2 saturated heterocycles. The standard InChI is InChI=1S/C15H28N2O4/c1-2-21-15(19)13-3-5-16(6-4-13)11-14(18)12-17-7-9-20-10-8-17/h13-14,18H,2-12H2,1H3. The van der Waals surface area contributed by atoms with E-state index in [9.17, 15) is 9.90 Å². The molecule has 21 heavy (non-hydrogen) atoms. The van der Waals surface area contributed by atoms with E-state index in [1.54, 1.807) is 0 Å². The first-order valence-corrected chi connectivity index (χ1v) is 8.06. The van der Waals surface area contributed by atoms with E-state index in [0.717, 1.165) is 52.2 Å². The summed E-state index contributed by atoms with van der Waals surface area (Å²) in [5.41, 5.74) is 0. The van der Waals surface area contributed by atoms with Gasteiger partial charge in [0.15, 0.2) is 0 Å². The minimum Gasteiger partial charge on any atom is -0.466 e. The highest BCUT2D eigenvalue weighted by molar-refractivity contribution is 5.72. The van der Waals surface area contributed by atoms with Gasteiger partial charge < -0.3 is 19.5 Å². The monoisotopic (exact) mass is 300 g/mol. The van der Waals surface area contributed by atoms with Crippen LogP contribution in [0.4, 0.5) is 0 Å². The largest absolute Gasteiger partial charge is 0.466 e. The van der Waals surface area contributed by atoms with Crippen molar-refractivity contribution in [3.05, 3.63) is 0 Å². The first-order valence-electron chi connectivity index (χ1n) is 8.06. The first-order chi connectivity index (χ1) is 10.2. The van der Waals surface area contributed by atoms with Gasteiger partial charge >= 0.3 is 5.97 Å². The van der Waals surface area contributed by atoms with Crippen LogP contribution in [0.2, 0.25) is 0 Å². The number of esters is 1. The van der Waals surface area contributed by atoms with E-state index in [1.165, 1.54) is 0 Å². The Balaban J connectivity index is 1.64. The van der Waals surface area contributed by atoms with Crippen LogP contribution in [-0.2, 0) is 14.3 Å². The predicted molar refractivity (Wildman–Crippen MR) is 79.1 cm³/mol. The van der Waals surface area contributed by atoms with Crippen LogP contribution in [0.1, 0.15) is 19.8 Å². The van der Waals surface area contributed by atoms with Gasteiger partial charge in [0.25, 0.3) is 0 Å². The number of likely N-dealkylation sites (tertiary alicyclic amines) is 1. The normalized spacial score (nSPS) is 23.9. The number of carbonyl (C=O) groups is 1. The van der Waals surface area contributed by atoms with Gasteiger partial charge in [0.1, 0.15) is 0 Å². The van der Waals surface area contributed by atoms with Crippen LogP contribution >= 0.6 is 0 Å². The number of piperidine rings is 1. The maximum atomic E-state index is 11.7. The van der Waals surface area contributed by atoms with Crippen molar-refractivity contribution in [2.45, 2.75) is 25.9 Å². The molecule has 2 heterocycles. The van der Waals surface area contributed by atoms with Crippen molar-refractivity contribution in [1.82, 2.24) is 9.80 Å². The second-order valence-corrected chi connectivity index (χ2v) is 5.89. The van der Waals surface area contributed by atoms with Crippen LogP contribution in [-0.4, -0.2) is 86.1 Å². The number of morpholine rings is 1. The molecule has 2 rings (SSSR count). The highest BCUT2D eigenvalue weighted by Crippen LogP contribution is 2.18. The van der Waals surface area contributed by atoms with Gasteiger partial charge in [0.05, 0.1) is 31.8 Å². The first kappa shape index (κ1) is 16.7. The lowest BCUT2D eigenvalue weighted by Gasteiger charge is -2.34. The Morgan fingerprint density at radius 1 is 1.19 bits per heavy atom. The lowest BCUT2D eigenvalue weighted by atomic mass is 9.97. The van der Waals surface area contributed by atoms with Gasteiger partial charge in [-0.1, -0.05) is 0 Å². The van der Waals surface area contributed by atoms with Gasteiger partial charge in [0.2, 0.25) is 0 Å². The Kier molecular flexibility index (Phi) is 6.89. The average molecular weight is 300 g/mol. The summed E-state index contributed by atoms with van der Waals surface area (Å²) in [6, 6.07) is 0. The minimum absolute atomic E-state index is 0.0394. The number of nitrogens with zero attached hydrogens (tertiary/aromatic N) is 2. The fourth-order valence-electron chi connectivity index (χ4n) is 3.05. The molecule has 0 spiro atoms. The summed E-state index contributed by atoms with van der Waals surface area (Å²) >= 11 is 0. The van der Waals surface area contributed by atoms with Crippen molar-refractivity contribution in [2.24, 2.45) is 5.92 Å². The molecule has 1 N–H and O–H groups in total. The molecule has 1 unspecified atom stereocenters. The molecule has 2 fully saturated rings. The summed E-state index contributed by atoms with van der Waals surface area (Å²) in [6.45, 7) is 8.76. The summed E-state index contributed by atoms with van der Waals surface area (Å²) in [5, 5.41) is 10.2. The third-order valence-corrected chi connectivity index (χ3v) is 4.25. The Labute approximate surface area is 127 Å². The van der Waals surface area contributed by atoms with E-state index < -0.39 is 0 Å². The van der Waals surface area contributed by atoms with Crippen molar-refractivity contribution in [1.29, 1.82) is 0 Å². The number of aliphatic hydroxyl groups is 1. The van der Waals surface area contributed by atoms with E-state index in [1.807, 2.05) is 6.92 Å². The molecule has 122 valence electrons. The van der Waals surface area contributed by atoms with Crippen LogP contribution in [0.5, 0.6) is 0 Å². The topological polar surface area (TPSA) is 62.2 Å². The summed E-state index contributed by atoms with van der Waals surface area (Å²) in [4.78, 5) is 16.2. The number of β-amino-alcohol motifs (C(OH)–C–C–N with tert-alkyl or cyclic N) is 1. The summed E-state index contributed by atoms with van der Waals surface area (Å²) in [7, 11) is 0. The lowest BCUT2D eigenvalue weighted by molar-refractivity contribution is -0.149. The fraction of sp³-hybridized carbons (Fsp3) is 0.933. The maximum absolute atomic E-state index is 11.7. The molecule has 2 aliphatic rings. The summed E-state index contributed by atoms with van der Waals surface area (Å²) < 4.78 is 10.4. The Hall–Kier alpha value is -0.690. The van der Waals surface area contributed by atoms with Crippen LogP contribution in [0.25, 0.3) is 0 Å². The Morgan fingerprint density at radius 3 is 2.33 bits per heavy atom. The average Bonchev–Trinajstić information content (AvgIpc) is 2.49. The van der Waals surface area contributed by atoms with E-state index in [-0.39, 0.29) is 18.0 Å². The van der Waals surface area contributed by atoms with Crippen molar-refractivity contribution in [3.63, 3.8) is 0 Å². The van der Waals surface area contributed by atoms with Crippen molar-refractivity contribution in [3.8, 4) is 0 Å². The molecule has 1 atom stereocenters. The maximum Gasteiger partial charge on any atom is 0.309 e. The lowest BCUT2D eigenvalue weighted by Crippen LogP contribution is -2.46. The van der Waals surface area contributed by atoms with E-state index in [2.05, 4.69) is 9.80 Å². The summed E-state index contributed by atoms with van der Waals surface area (Å²) in [5.74, 6) is -0.0244. The molecule has 0 aromatic rings. The SMILES string of the molecule is CCOC(=O)C1CCN(CC(O)CN2CCOCC2)CC1. The summed E-state index contributed by atoms with van der Waals surface area (Å²) in [6.07, 6.45) is 1.34. The number of hydrogen-bond acceptors (Lipinski definition) is 6. The number of ether oxygens (including phenoxy) is 2. The second-order valence-electron chi connectivity index (χ2n) is 5.89. The van der Waals surface area contributed by atoms with Crippen LogP contribution in [0, 0.1) is 5.92 Å². The van der Waals surface area contributed by atoms with Crippen molar-refractivity contribution >= 4 is 5.97 Å². The molecule has 0 radical (unpaired) electrons. The number of carbonyl (C=O) groups excluding carboxylic acids is 1. The quantitative estimate of drug-likeness (QED) is 0.694. The minimum atomic E-state index is -0.331. The van der Waals surface area contributed by atoms with Gasteiger partial charge in [-0.15, -0.1) is 0 Å². The molecule has 6 heteroatoms. The molecule has 0 amide bonds. The van der Waals surface area contributed by atoms with Crippen molar-refractivity contribution < 1.29 is 19.4 Å². The second kappa shape index (κ2) is 8.68. The Bertz CT molecular complexity index is 313. The molecule has 0 aromatic heterocycles. The van der Waals surface area contributed by atoms with E-state index in [4.69, 9.17) is 9.47 Å². The van der Waals surface area contributed by atoms with Gasteiger partial charge in [0, 0.05) is 26.2 Å². The van der Waals surface area contributed by atoms with Gasteiger partial charge in [-0.05, 0) is 32.9 Å². The van der Waals surface area contributed by atoms with E-state index >= 15 is 0 Å². The molecule has 0 bridgehead atoms. The van der Waals surface area contributed by atoms with Gasteiger partial charge in [-0.2, -0.15) is 0 Å². The van der Waals surface area contributed by atoms with Crippen LogP contribution in [0.3, 0.4) is 0 Å². The zero-order chi connectivity index (χ0) is 15.1. The smallest absolute Gasteiger partial charge is 0.309 e. The number of hydrogen-bond donors (Lipinski definition) is 1. The molecule has 0 saturated carbocycles. The zero-order valence-corrected chi connectivity index (χ0v) is 13.0. The highest BCUT2D eigenvalue weighted by atomic mass is 16.5. The van der Waals surface area contributed by atoms with Gasteiger partial charge in [-0.3, -0.25) is 9.69 Å². The highest BCUT2D eigenvalue weighted by Gasteiger charge is 2.27. The molecule has 2 aliphatic heterocycles. The Morgan fingerprint density at radius 2 is 1.76 bits per heavy atom. The zero-order valence-electron chi connectivity index (χ0n) is 13.0. The molecule has 6 nitrogen and oxygen atoms in total.